The van der Waals surface area contributed by atoms with E-state index in [1.165, 1.54) is 0 Å². The molecule has 3 nitrogen and oxygen atoms in total. The Bertz CT molecular complexity index is 287. The molecule has 0 spiro atoms. The fourth-order valence-corrected chi connectivity index (χ4v) is 2.54. The Labute approximate surface area is 104 Å². The molecule has 1 fully saturated rings. The molecule has 1 N–H and O–H groups in total. The summed E-state index contributed by atoms with van der Waals surface area (Å²) in [7, 11) is 1.86. The van der Waals surface area contributed by atoms with Crippen LogP contribution in [0.15, 0.2) is 0 Å². The molecule has 1 heterocycles. The summed E-state index contributed by atoms with van der Waals surface area (Å²) < 4.78 is 0. The van der Waals surface area contributed by atoms with Crippen molar-refractivity contribution in [3.63, 3.8) is 0 Å². The second-order valence-corrected chi connectivity index (χ2v) is 6.40. The molecule has 0 saturated carbocycles. The lowest BCUT2D eigenvalue weighted by Gasteiger charge is -2.33. The highest BCUT2D eigenvalue weighted by atomic mass is 35.5. The minimum Gasteiger partial charge on any atom is -0.328 e. The molecule has 0 bridgehead atoms. The van der Waals surface area contributed by atoms with Crippen molar-refractivity contribution in [2.75, 3.05) is 12.9 Å². The van der Waals surface area contributed by atoms with E-state index < -0.39 is 5.54 Å². The van der Waals surface area contributed by atoms with Gasteiger partial charge in [0.2, 0.25) is 5.91 Å². The van der Waals surface area contributed by atoms with E-state index in [-0.39, 0.29) is 23.4 Å². The van der Waals surface area contributed by atoms with Crippen LogP contribution in [0.2, 0.25) is 0 Å². The molecule has 0 radical (unpaired) electrons. The first-order valence-corrected chi connectivity index (χ1v) is 6.29. The van der Waals surface area contributed by atoms with E-state index in [4.69, 9.17) is 11.6 Å². The fraction of sp³-hybridized carbons (Fsp3) is 0.917. The van der Waals surface area contributed by atoms with Crippen LogP contribution in [0.3, 0.4) is 0 Å². The van der Waals surface area contributed by atoms with Crippen LogP contribution in [-0.2, 0) is 4.79 Å². The van der Waals surface area contributed by atoms with E-state index in [0.717, 1.165) is 0 Å². The van der Waals surface area contributed by atoms with Crippen molar-refractivity contribution in [1.82, 2.24) is 10.2 Å². The molecule has 0 aromatic carbocycles. The van der Waals surface area contributed by atoms with Crippen molar-refractivity contribution >= 4 is 17.5 Å². The number of nitrogens with one attached hydrogen (secondary N) is 1. The van der Waals surface area contributed by atoms with E-state index in [9.17, 15) is 4.79 Å². The third-order valence-corrected chi connectivity index (χ3v) is 4.09. The minimum absolute atomic E-state index is 0.0220. The molecule has 3 atom stereocenters. The van der Waals surface area contributed by atoms with E-state index in [1.54, 1.807) is 0 Å². The van der Waals surface area contributed by atoms with Gasteiger partial charge in [-0.3, -0.25) is 10.1 Å². The number of nitrogens with zero attached hydrogens (tertiary/aromatic N) is 1. The Kier molecular flexibility index (Phi) is 3.61. The maximum atomic E-state index is 12.3. The van der Waals surface area contributed by atoms with Crippen molar-refractivity contribution in [3.05, 3.63) is 0 Å². The zero-order chi connectivity index (χ0) is 12.7. The molecule has 0 aliphatic carbocycles. The van der Waals surface area contributed by atoms with Gasteiger partial charge in [-0.25, -0.2) is 0 Å². The first kappa shape index (κ1) is 13.8. The van der Waals surface area contributed by atoms with Crippen LogP contribution in [0.5, 0.6) is 0 Å². The number of alkyl halides is 1. The minimum atomic E-state index is -0.533. The Morgan fingerprint density at radius 3 is 2.38 bits per heavy atom. The molecule has 1 unspecified atom stereocenters. The highest BCUT2D eigenvalue weighted by Crippen LogP contribution is 2.34. The quantitative estimate of drug-likeness (QED) is 0.757. The first-order valence-electron chi connectivity index (χ1n) is 5.75. The van der Waals surface area contributed by atoms with Crippen molar-refractivity contribution in [2.45, 2.75) is 46.3 Å². The summed E-state index contributed by atoms with van der Waals surface area (Å²) in [4.78, 5) is 14.1. The normalized spacial score (nSPS) is 33.3. The van der Waals surface area contributed by atoms with Gasteiger partial charge in [-0.05, 0) is 18.3 Å². The van der Waals surface area contributed by atoms with Gasteiger partial charge in [-0.2, -0.15) is 0 Å². The maximum absolute atomic E-state index is 12.3. The van der Waals surface area contributed by atoms with Gasteiger partial charge in [0.1, 0.15) is 5.54 Å². The number of hydrogen-bond donors (Lipinski definition) is 1. The largest absolute Gasteiger partial charge is 0.328 e. The average Bonchev–Trinajstić information content (AvgIpc) is 2.42. The zero-order valence-corrected chi connectivity index (χ0v) is 11.9. The third kappa shape index (κ3) is 2.07. The molecular formula is C12H23ClN2O. The summed E-state index contributed by atoms with van der Waals surface area (Å²) in [6.07, 6.45) is 0.0654. The lowest BCUT2D eigenvalue weighted by atomic mass is 9.87. The van der Waals surface area contributed by atoms with E-state index >= 15 is 0 Å². The zero-order valence-electron chi connectivity index (χ0n) is 11.1. The molecule has 94 valence electrons. The number of likely N-dealkylation sites (N-methyl/N-ethyl adjacent to an activating group) is 1. The molecule has 1 aliphatic heterocycles. The predicted molar refractivity (Wildman–Crippen MR) is 67.4 cm³/mol. The number of rotatable bonds is 2. The maximum Gasteiger partial charge on any atom is 0.243 e. The van der Waals surface area contributed by atoms with E-state index in [0.29, 0.717) is 5.88 Å². The first-order chi connectivity index (χ1) is 7.14. The van der Waals surface area contributed by atoms with Crippen molar-refractivity contribution in [2.24, 2.45) is 11.3 Å². The van der Waals surface area contributed by atoms with Crippen molar-refractivity contribution < 1.29 is 4.79 Å². The molecule has 16 heavy (non-hydrogen) atoms. The predicted octanol–water partition coefficient (Wildman–Crippen LogP) is 2.05. The summed E-state index contributed by atoms with van der Waals surface area (Å²) in [5, 5.41) is 3.45. The molecule has 4 heteroatoms. The Hall–Kier alpha value is -0.280. The van der Waals surface area contributed by atoms with E-state index in [2.05, 4.69) is 26.1 Å². The number of halogens is 1. The number of hydrogen-bond acceptors (Lipinski definition) is 2. The number of amides is 1. The van der Waals surface area contributed by atoms with Gasteiger partial charge in [-0.15, -0.1) is 11.6 Å². The molecule has 1 rings (SSSR count). The van der Waals surface area contributed by atoms with Crippen LogP contribution in [0.25, 0.3) is 0 Å². The Morgan fingerprint density at radius 1 is 1.56 bits per heavy atom. The molecular weight excluding hydrogens is 224 g/mol. The second-order valence-electron chi connectivity index (χ2n) is 6.09. The van der Waals surface area contributed by atoms with Gasteiger partial charge < -0.3 is 4.90 Å². The van der Waals surface area contributed by atoms with Crippen LogP contribution in [-0.4, -0.2) is 35.4 Å². The summed E-state index contributed by atoms with van der Waals surface area (Å²) in [5.74, 6) is 0.747. The highest BCUT2D eigenvalue weighted by molar-refractivity contribution is 6.18. The number of carbonyl (C=O) groups is 1. The molecule has 1 amide bonds. The summed E-state index contributed by atoms with van der Waals surface area (Å²) >= 11 is 5.89. The van der Waals surface area contributed by atoms with Crippen LogP contribution < -0.4 is 5.32 Å². The molecule has 0 aromatic rings. The fourth-order valence-electron chi connectivity index (χ4n) is 2.23. The molecule has 1 aliphatic rings. The van der Waals surface area contributed by atoms with Crippen LogP contribution in [0.1, 0.15) is 34.6 Å². The second kappa shape index (κ2) is 4.19. The van der Waals surface area contributed by atoms with Gasteiger partial charge >= 0.3 is 0 Å². The van der Waals surface area contributed by atoms with Crippen LogP contribution in [0.4, 0.5) is 0 Å². The standard InChI is InChI=1S/C12H23ClN2O/c1-8(7-13)12(5)10(16)15(6)9(14-12)11(2,3)4/h8-9,14H,7H2,1-6H3/t8?,9-,12-/m1/s1. The van der Waals surface area contributed by atoms with Crippen LogP contribution >= 0.6 is 11.6 Å². The number of carbonyl (C=O) groups excluding carboxylic acids is 1. The topological polar surface area (TPSA) is 32.3 Å². The summed E-state index contributed by atoms with van der Waals surface area (Å²) in [6, 6.07) is 0. The lowest BCUT2D eigenvalue weighted by molar-refractivity contribution is -0.133. The SMILES string of the molecule is CC(CCl)[C@@]1(C)N[C@@H](C(C)(C)C)N(C)C1=O. The lowest BCUT2D eigenvalue weighted by Crippen LogP contribution is -2.52. The molecule has 0 aromatic heterocycles. The summed E-state index contributed by atoms with van der Waals surface area (Å²) in [5.41, 5.74) is -0.511. The van der Waals surface area contributed by atoms with Gasteiger partial charge in [0.25, 0.3) is 0 Å². The Balaban J connectivity index is 3.00. The molecule has 1 saturated heterocycles. The highest BCUT2D eigenvalue weighted by Gasteiger charge is 2.52. The smallest absolute Gasteiger partial charge is 0.243 e. The van der Waals surface area contributed by atoms with Crippen LogP contribution in [0, 0.1) is 11.3 Å². The van der Waals surface area contributed by atoms with Crippen molar-refractivity contribution in [1.29, 1.82) is 0 Å². The average molecular weight is 247 g/mol. The van der Waals surface area contributed by atoms with Gasteiger partial charge in [0.05, 0.1) is 6.17 Å². The van der Waals surface area contributed by atoms with Gasteiger partial charge in [0.15, 0.2) is 0 Å². The third-order valence-electron chi connectivity index (χ3n) is 3.63. The van der Waals surface area contributed by atoms with E-state index in [1.807, 2.05) is 25.8 Å². The summed E-state index contributed by atoms with van der Waals surface area (Å²) in [6.45, 7) is 10.4. The van der Waals surface area contributed by atoms with Crippen molar-refractivity contribution in [3.8, 4) is 0 Å². The van der Waals surface area contributed by atoms with Gasteiger partial charge in [0, 0.05) is 12.9 Å². The van der Waals surface area contributed by atoms with Gasteiger partial charge in [-0.1, -0.05) is 27.7 Å². The monoisotopic (exact) mass is 246 g/mol. The Morgan fingerprint density at radius 2 is 2.06 bits per heavy atom.